The van der Waals surface area contributed by atoms with Gasteiger partial charge in [-0.1, -0.05) is 54.6 Å². The monoisotopic (exact) mass is 600 g/mol. The van der Waals surface area contributed by atoms with Crippen molar-refractivity contribution in [2.45, 2.75) is 54.5 Å². The summed E-state index contributed by atoms with van der Waals surface area (Å²) in [5.74, 6) is -1.58. The number of carbonyl (C=O) groups is 3. The predicted molar refractivity (Wildman–Crippen MR) is 155 cm³/mol. The molecular formula is C29H33ClN4O6S. The zero-order valence-corrected chi connectivity index (χ0v) is 23.9. The zero-order valence-electron chi connectivity index (χ0n) is 22.3. The summed E-state index contributed by atoms with van der Waals surface area (Å²) in [7, 11) is -3.75. The molecule has 10 nitrogen and oxygen atoms in total. The molecule has 1 heterocycles. The van der Waals surface area contributed by atoms with E-state index in [0.717, 1.165) is 22.3 Å². The Kier molecular flexibility index (Phi) is 7.88. The van der Waals surface area contributed by atoms with Crippen LogP contribution in [-0.2, 0) is 24.3 Å². The number of nitrogens with one attached hydrogen (secondary N) is 4. The molecule has 0 radical (unpaired) electrons. The van der Waals surface area contributed by atoms with E-state index in [0.29, 0.717) is 25.8 Å². The highest BCUT2D eigenvalue weighted by molar-refractivity contribution is 7.91. The fraction of sp³-hybridized carbons (Fsp3) is 0.414. The first-order valence-corrected chi connectivity index (χ1v) is 15.1. The summed E-state index contributed by atoms with van der Waals surface area (Å²) in [6, 6.07) is 15.2. The van der Waals surface area contributed by atoms with Crippen molar-refractivity contribution in [3.8, 4) is 11.1 Å². The first-order chi connectivity index (χ1) is 19.2. The number of sulfonamides is 1. The normalized spacial score (nSPS) is 26.1. The number of benzene rings is 2. The summed E-state index contributed by atoms with van der Waals surface area (Å²) >= 11 is 0. The van der Waals surface area contributed by atoms with E-state index >= 15 is 0 Å². The maximum absolute atomic E-state index is 13.1. The van der Waals surface area contributed by atoms with Crippen LogP contribution in [0.5, 0.6) is 0 Å². The van der Waals surface area contributed by atoms with Crippen molar-refractivity contribution in [1.82, 2.24) is 20.7 Å². The van der Waals surface area contributed by atoms with Gasteiger partial charge in [-0.3, -0.25) is 14.3 Å². The molecule has 0 spiro atoms. The molecule has 2 aromatic carbocycles. The van der Waals surface area contributed by atoms with Gasteiger partial charge in [0, 0.05) is 24.4 Å². The van der Waals surface area contributed by atoms with Crippen molar-refractivity contribution >= 4 is 40.3 Å². The fourth-order valence-electron chi connectivity index (χ4n) is 5.88. The first kappa shape index (κ1) is 29.1. The molecular weight excluding hydrogens is 568 g/mol. The van der Waals surface area contributed by atoms with Gasteiger partial charge in [0.15, 0.2) is 0 Å². The first-order valence-electron chi connectivity index (χ1n) is 13.6. The van der Waals surface area contributed by atoms with Crippen LogP contribution in [0, 0.1) is 5.92 Å². The fourth-order valence-corrected chi connectivity index (χ4v) is 7.24. The Morgan fingerprint density at radius 1 is 1.05 bits per heavy atom. The molecule has 0 aromatic heterocycles. The highest BCUT2D eigenvalue weighted by atomic mass is 35.5. The van der Waals surface area contributed by atoms with E-state index < -0.39 is 44.8 Å². The van der Waals surface area contributed by atoms with E-state index in [4.69, 9.17) is 4.74 Å². The Morgan fingerprint density at radius 3 is 2.27 bits per heavy atom. The molecule has 0 bridgehead atoms. The standard InChI is InChI=1S/C29H32N4O6S.ClH/c1-2-17-14-29(17,27(35)33-40(37,38)19-11-12-19)32-26(34)25-13-18(15-30-25)31-28(36)39-16-24-22-9-5-3-7-20(22)21-8-4-6-10-23(21)24;/h2-10,17-19,24-25,30H,1,11-16H2,(H,31,36)(H,32,34)(H,33,35);1H. The molecule has 3 aliphatic carbocycles. The summed E-state index contributed by atoms with van der Waals surface area (Å²) < 4.78 is 32.3. The van der Waals surface area contributed by atoms with E-state index in [1.165, 1.54) is 0 Å². The van der Waals surface area contributed by atoms with E-state index in [2.05, 4.69) is 51.5 Å². The molecule has 4 atom stereocenters. The lowest BCUT2D eigenvalue weighted by molar-refractivity contribution is -0.130. The second-order valence-electron chi connectivity index (χ2n) is 11.0. The lowest BCUT2D eigenvalue weighted by atomic mass is 9.98. The maximum atomic E-state index is 13.1. The smallest absolute Gasteiger partial charge is 0.407 e. The van der Waals surface area contributed by atoms with Crippen molar-refractivity contribution in [3.63, 3.8) is 0 Å². The number of amides is 3. The summed E-state index contributed by atoms with van der Waals surface area (Å²) in [5, 5.41) is 8.11. The maximum Gasteiger partial charge on any atom is 0.407 e. The van der Waals surface area contributed by atoms with E-state index in [1.54, 1.807) is 6.08 Å². The van der Waals surface area contributed by atoms with Gasteiger partial charge >= 0.3 is 6.09 Å². The van der Waals surface area contributed by atoms with Gasteiger partial charge in [0.1, 0.15) is 12.1 Å². The number of rotatable bonds is 9. The topological polar surface area (TPSA) is 143 Å². The van der Waals surface area contributed by atoms with E-state index in [9.17, 15) is 22.8 Å². The van der Waals surface area contributed by atoms with Gasteiger partial charge in [-0.05, 0) is 47.9 Å². The lowest BCUT2D eigenvalue weighted by Gasteiger charge is -2.21. The summed E-state index contributed by atoms with van der Waals surface area (Å²) in [6.07, 6.45) is 2.61. The van der Waals surface area contributed by atoms with Gasteiger partial charge < -0.3 is 20.7 Å². The number of fused-ring (bicyclic) bond motifs is 3. The van der Waals surface area contributed by atoms with E-state index in [-0.39, 0.29) is 43.3 Å². The van der Waals surface area contributed by atoms with Crippen molar-refractivity contribution in [3.05, 3.63) is 72.3 Å². The minimum absolute atomic E-state index is 0. The zero-order chi connectivity index (χ0) is 28.1. The third kappa shape index (κ3) is 5.58. The van der Waals surface area contributed by atoms with Crippen LogP contribution in [0.1, 0.15) is 42.7 Å². The van der Waals surface area contributed by atoms with Crippen LogP contribution in [0.2, 0.25) is 0 Å². The molecule has 3 fully saturated rings. The third-order valence-electron chi connectivity index (χ3n) is 8.36. The van der Waals surface area contributed by atoms with Crippen molar-refractivity contribution < 1.29 is 27.5 Å². The molecule has 2 aromatic rings. The SMILES string of the molecule is C=CC1CC1(NC(=O)C1CC(NC(=O)OCC2c3ccccc3-c3ccccc32)CN1)C(=O)NS(=O)(=O)C1CC1.Cl. The van der Waals surface area contributed by atoms with Gasteiger partial charge in [0.2, 0.25) is 15.9 Å². The number of hydrogen-bond acceptors (Lipinski definition) is 7. The van der Waals surface area contributed by atoms with Crippen LogP contribution in [0.15, 0.2) is 61.2 Å². The average molecular weight is 601 g/mol. The number of alkyl carbamates (subject to hydrolysis) is 1. The van der Waals surface area contributed by atoms with Gasteiger partial charge in [0.25, 0.3) is 5.91 Å². The van der Waals surface area contributed by atoms with Crippen LogP contribution in [0.4, 0.5) is 4.79 Å². The molecule has 12 heteroatoms. The van der Waals surface area contributed by atoms with Gasteiger partial charge in [-0.2, -0.15) is 0 Å². The Labute approximate surface area is 245 Å². The highest BCUT2D eigenvalue weighted by Crippen LogP contribution is 2.46. The van der Waals surface area contributed by atoms with Gasteiger partial charge in [-0.25, -0.2) is 13.2 Å². The van der Waals surface area contributed by atoms with Crippen molar-refractivity contribution in [1.29, 1.82) is 0 Å². The number of halogens is 1. The number of hydrogen-bond donors (Lipinski definition) is 4. The molecule has 1 saturated heterocycles. The minimum atomic E-state index is -3.75. The van der Waals surface area contributed by atoms with Gasteiger partial charge in [0.05, 0.1) is 11.3 Å². The largest absolute Gasteiger partial charge is 0.449 e. The molecule has 41 heavy (non-hydrogen) atoms. The van der Waals surface area contributed by atoms with Crippen LogP contribution in [-0.4, -0.2) is 62.3 Å². The molecule has 3 amide bonds. The van der Waals surface area contributed by atoms with Crippen LogP contribution < -0.4 is 20.7 Å². The Bertz CT molecular complexity index is 1450. The molecule has 6 rings (SSSR count). The Morgan fingerprint density at radius 2 is 1.68 bits per heavy atom. The summed E-state index contributed by atoms with van der Waals surface area (Å²) in [6.45, 7) is 4.25. The highest BCUT2D eigenvalue weighted by Gasteiger charge is 2.61. The molecule has 4 aliphatic rings. The molecule has 1 aliphatic heterocycles. The van der Waals surface area contributed by atoms with Crippen LogP contribution >= 0.6 is 12.4 Å². The Balaban J connectivity index is 0.00000337. The molecule has 2 saturated carbocycles. The third-order valence-corrected chi connectivity index (χ3v) is 10.2. The van der Waals surface area contributed by atoms with Crippen molar-refractivity contribution in [2.75, 3.05) is 13.2 Å². The second kappa shape index (κ2) is 11.1. The number of ether oxygens (including phenoxy) is 1. The van der Waals surface area contributed by atoms with Crippen LogP contribution in [0.3, 0.4) is 0 Å². The quantitative estimate of drug-likeness (QED) is 0.324. The molecule has 218 valence electrons. The predicted octanol–water partition coefficient (Wildman–Crippen LogP) is 2.35. The van der Waals surface area contributed by atoms with Crippen LogP contribution in [0.25, 0.3) is 11.1 Å². The second-order valence-corrected chi connectivity index (χ2v) is 13.0. The summed E-state index contributed by atoms with van der Waals surface area (Å²) in [5.41, 5.74) is 3.20. The van der Waals surface area contributed by atoms with Gasteiger partial charge in [-0.15, -0.1) is 19.0 Å². The Hall–Kier alpha value is -3.41. The van der Waals surface area contributed by atoms with Crippen molar-refractivity contribution in [2.24, 2.45) is 5.92 Å². The van der Waals surface area contributed by atoms with E-state index in [1.807, 2.05) is 24.3 Å². The lowest BCUT2D eigenvalue weighted by Crippen LogP contribution is -2.55. The molecule has 4 N–H and O–H groups in total. The number of carbonyl (C=O) groups excluding carboxylic acids is 3. The minimum Gasteiger partial charge on any atom is -0.449 e. The summed E-state index contributed by atoms with van der Waals surface area (Å²) in [4.78, 5) is 38.6. The molecule has 4 unspecified atom stereocenters. The average Bonchev–Trinajstić information content (AvgIpc) is 3.84.